The number of pyridine rings is 1. The molecular weight excluding hydrogens is 332 g/mol. The van der Waals surface area contributed by atoms with Gasteiger partial charge in [0.2, 0.25) is 0 Å². The zero-order chi connectivity index (χ0) is 16.4. The van der Waals surface area contributed by atoms with Crippen molar-refractivity contribution in [3.63, 3.8) is 0 Å². The molecule has 0 aliphatic heterocycles. The van der Waals surface area contributed by atoms with Crippen molar-refractivity contribution in [3.8, 4) is 0 Å². The molecule has 0 spiro atoms. The molecule has 3 rings (SSSR count). The summed E-state index contributed by atoms with van der Waals surface area (Å²) in [7, 11) is 3.49. The van der Waals surface area contributed by atoms with E-state index in [0.717, 1.165) is 16.2 Å². The molecule has 0 bridgehead atoms. The fraction of sp³-hybridized carbons (Fsp3) is 0.188. The van der Waals surface area contributed by atoms with Gasteiger partial charge in [0.25, 0.3) is 5.91 Å². The van der Waals surface area contributed by atoms with Crippen LogP contribution >= 0.6 is 23.4 Å². The van der Waals surface area contributed by atoms with Gasteiger partial charge in [0, 0.05) is 31.6 Å². The van der Waals surface area contributed by atoms with Crippen LogP contribution in [0.5, 0.6) is 0 Å². The van der Waals surface area contributed by atoms with Gasteiger partial charge < -0.3 is 9.88 Å². The third-order valence-corrected chi connectivity index (χ3v) is 4.39. The maximum absolute atomic E-state index is 12.0. The molecule has 5 nitrogen and oxygen atoms in total. The summed E-state index contributed by atoms with van der Waals surface area (Å²) in [6, 6.07) is 9.43. The molecule has 23 heavy (non-hydrogen) atoms. The van der Waals surface area contributed by atoms with Gasteiger partial charge in [-0.3, -0.25) is 4.79 Å². The predicted molar refractivity (Wildman–Crippen MR) is 92.9 cm³/mol. The fourth-order valence-corrected chi connectivity index (χ4v) is 3.10. The number of carbonyl (C=O) groups is 1. The van der Waals surface area contributed by atoms with Gasteiger partial charge in [-0.15, -0.1) is 0 Å². The molecule has 1 amide bonds. The third-order valence-electron chi connectivity index (χ3n) is 3.24. The van der Waals surface area contributed by atoms with Gasteiger partial charge in [0.15, 0.2) is 10.8 Å². The lowest BCUT2D eigenvalue weighted by Gasteiger charge is -2.10. The van der Waals surface area contributed by atoms with E-state index in [-0.39, 0.29) is 5.91 Å². The van der Waals surface area contributed by atoms with Crippen molar-refractivity contribution in [3.05, 3.63) is 52.7 Å². The van der Waals surface area contributed by atoms with Gasteiger partial charge in [0.05, 0.1) is 10.5 Å². The Morgan fingerprint density at radius 2 is 2.17 bits per heavy atom. The van der Waals surface area contributed by atoms with Crippen LogP contribution in [0.2, 0.25) is 5.02 Å². The van der Waals surface area contributed by atoms with Crippen molar-refractivity contribution in [2.24, 2.45) is 0 Å². The van der Waals surface area contributed by atoms with E-state index in [0.29, 0.717) is 22.0 Å². The Hall–Kier alpha value is -2.05. The first-order valence-electron chi connectivity index (χ1n) is 6.97. The fourth-order valence-electron chi connectivity index (χ4n) is 2.12. The smallest absolute Gasteiger partial charge is 0.253 e. The van der Waals surface area contributed by atoms with E-state index < -0.39 is 0 Å². The summed E-state index contributed by atoms with van der Waals surface area (Å²) >= 11 is 7.48. The Labute approximate surface area is 143 Å². The second-order valence-corrected chi connectivity index (χ2v) is 6.66. The van der Waals surface area contributed by atoms with Crippen molar-refractivity contribution >= 4 is 40.4 Å². The van der Waals surface area contributed by atoms with Crippen LogP contribution in [0, 0.1) is 0 Å². The van der Waals surface area contributed by atoms with E-state index >= 15 is 0 Å². The summed E-state index contributed by atoms with van der Waals surface area (Å²) in [5, 5.41) is 1.35. The number of fused-ring (bicyclic) bond motifs is 1. The number of aromatic nitrogens is 3. The maximum atomic E-state index is 12.0. The van der Waals surface area contributed by atoms with Crippen molar-refractivity contribution in [2.75, 3.05) is 14.1 Å². The number of H-pyrrole nitrogens is 1. The molecule has 118 valence electrons. The first kappa shape index (κ1) is 15.8. The average Bonchev–Trinajstić information content (AvgIpc) is 2.94. The van der Waals surface area contributed by atoms with E-state index in [1.807, 2.05) is 24.3 Å². The van der Waals surface area contributed by atoms with Crippen LogP contribution in [0.4, 0.5) is 0 Å². The van der Waals surface area contributed by atoms with Gasteiger partial charge in [-0.05, 0) is 23.8 Å². The largest absolute Gasteiger partial charge is 0.345 e. The minimum atomic E-state index is -0.000529. The summed E-state index contributed by atoms with van der Waals surface area (Å²) in [5.41, 5.74) is 3.21. The minimum absolute atomic E-state index is 0.000529. The number of benzene rings is 1. The SMILES string of the molecule is CN(C)C(=O)c1cccc(CSc2nc3ncc(Cl)cc3[nH]2)c1. The summed E-state index contributed by atoms with van der Waals surface area (Å²) in [5.74, 6) is 0.710. The molecule has 3 aromatic rings. The van der Waals surface area contributed by atoms with Crippen molar-refractivity contribution in [1.29, 1.82) is 0 Å². The Bertz CT molecular complexity index is 862. The van der Waals surface area contributed by atoms with Crippen LogP contribution in [0.3, 0.4) is 0 Å². The molecular formula is C16H15ClN4OS. The number of amides is 1. The maximum Gasteiger partial charge on any atom is 0.253 e. The average molecular weight is 347 g/mol. The summed E-state index contributed by atoms with van der Waals surface area (Å²) < 4.78 is 0. The Balaban J connectivity index is 1.74. The molecule has 0 atom stereocenters. The highest BCUT2D eigenvalue weighted by Crippen LogP contribution is 2.24. The van der Waals surface area contributed by atoms with Gasteiger partial charge in [-0.25, -0.2) is 9.97 Å². The molecule has 1 N–H and O–H groups in total. The van der Waals surface area contributed by atoms with E-state index in [2.05, 4.69) is 15.0 Å². The normalized spacial score (nSPS) is 10.9. The van der Waals surface area contributed by atoms with Gasteiger partial charge in [-0.1, -0.05) is 35.5 Å². The highest BCUT2D eigenvalue weighted by Gasteiger charge is 2.09. The molecule has 2 aromatic heterocycles. The number of nitrogens with zero attached hydrogens (tertiary/aromatic N) is 3. The highest BCUT2D eigenvalue weighted by atomic mass is 35.5. The zero-order valence-electron chi connectivity index (χ0n) is 12.7. The number of rotatable bonds is 4. The first-order valence-corrected chi connectivity index (χ1v) is 8.34. The van der Waals surface area contributed by atoms with Crippen LogP contribution in [-0.2, 0) is 5.75 Å². The lowest BCUT2D eigenvalue weighted by molar-refractivity contribution is 0.0827. The minimum Gasteiger partial charge on any atom is -0.345 e. The molecule has 0 saturated heterocycles. The second-order valence-electron chi connectivity index (χ2n) is 5.26. The molecule has 1 aromatic carbocycles. The van der Waals surface area contributed by atoms with Gasteiger partial charge in [-0.2, -0.15) is 0 Å². The molecule has 0 aliphatic carbocycles. The number of hydrogen-bond acceptors (Lipinski definition) is 4. The first-order chi connectivity index (χ1) is 11.0. The summed E-state index contributed by atoms with van der Waals surface area (Å²) in [6.45, 7) is 0. The number of thioether (sulfide) groups is 1. The Kier molecular flexibility index (Phi) is 4.54. The lowest BCUT2D eigenvalue weighted by atomic mass is 10.1. The summed E-state index contributed by atoms with van der Waals surface area (Å²) in [6.07, 6.45) is 1.58. The zero-order valence-corrected chi connectivity index (χ0v) is 14.3. The van der Waals surface area contributed by atoms with Crippen LogP contribution in [0.15, 0.2) is 41.7 Å². The van der Waals surface area contributed by atoms with E-state index in [1.54, 1.807) is 43.0 Å². The molecule has 0 saturated carbocycles. The van der Waals surface area contributed by atoms with Gasteiger partial charge >= 0.3 is 0 Å². The molecule has 7 heteroatoms. The van der Waals surface area contributed by atoms with E-state index in [9.17, 15) is 4.79 Å². The Morgan fingerprint density at radius 1 is 1.35 bits per heavy atom. The lowest BCUT2D eigenvalue weighted by Crippen LogP contribution is -2.21. The Morgan fingerprint density at radius 3 is 2.96 bits per heavy atom. The second kappa shape index (κ2) is 6.60. The number of hydrogen-bond donors (Lipinski definition) is 1. The van der Waals surface area contributed by atoms with Crippen LogP contribution in [-0.4, -0.2) is 39.9 Å². The number of aromatic amines is 1. The quantitative estimate of drug-likeness (QED) is 0.733. The van der Waals surface area contributed by atoms with Gasteiger partial charge in [0.1, 0.15) is 0 Å². The topological polar surface area (TPSA) is 61.9 Å². The molecule has 0 fully saturated rings. The molecule has 0 unspecified atom stereocenters. The van der Waals surface area contributed by atoms with Crippen molar-refractivity contribution in [2.45, 2.75) is 10.9 Å². The number of halogens is 1. The highest BCUT2D eigenvalue weighted by molar-refractivity contribution is 7.98. The molecule has 2 heterocycles. The van der Waals surface area contributed by atoms with Crippen molar-refractivity contribution in [1.82, 2.24) is 19.9 Å². The number of imidazole rings is 1. The van der Waals surface area contributed by atoms with Crippen LogP contribution in [0.1, 0.15) is 15.9 Å². The molecule has 0 aliphatic rings. The number of nitrogens with one attached hydrogen (secondary N) is 1. The molecule has 0 radical (unpaired) electrons. The standard InChI is InChI=1S/C16H15ClN4OS/c1-21(2)15(22)11-5-3-4-10(6-11)9-23-16-19-13-7-12(17)8-18-14(13)20-16/h3-8H,9H2,1-2H3,(H,18,19,20). The van der Waals surface area contributed by atoms with Crippen LogP contribution in [0.25, 0.3) is 11.2 Å². The van der Waals surface area contributed by atoms with E-state index in [4.69, 9.17) is 11.6 Å². The van der Waals surface area contributed by atoms with Crippen molar-refractivity contribution < 1.29 is 4.79 Å². The summed E-state index contributed by atoms with van der Waals surface area (Å²) in [4.78, 5) is 25.4. The van der Waals surface area contributed by atoms with E-state index in [1.165, 1.54) is 0 Å². The monoisotopic (exact) mass is 346 g/mol. The van der Waals surface area contributed by atoms with Crippen LogP contribution < -0.4 is 0 Å². The number of carbonyl (C=O) groups excluding carboxylic acids is 1. The third kappa shape index (κ3) is 3.65. The predicted octanol–water partition coefficient (Wildman–Crippen LogP) is 3.61.